The summed E-state index contributed by atoms with van der Waals surface area (Å²) in [5.74, 6) is 1.14. The number of rotatable bonds is 6. The van der Waals surface area contributed by atoms with Crippen LogP contribution in [-0.4, -0.2) is 28.9 Å². The Balaban J connectivity index is 2.33. The zero-order valence-corrected chi connectivity index (χ0v) is 9.29. The Morgan fingerprint density at radius 2 is 2.40 bits per heavy atom. The summed E-state index contributed by atoms with van der Waals surface area (Å²) in [6.45, 7) is 0. The standard InChI is InChI=1S/C10H13NO3S/c1-14-9-4-2-3-8(11-9)7-15-6-5-10(12)13/h2-4H,5-7H2,1H3,(H,12,13). The van der Waals surface area contributed by atoms with E-state index >= 15 is 0 Å². The maximum atomic E-state index is 10.3. The normalized spacial score (nSPS) is 9.93. The molecule has 0 aliphatic rings. The number of carbonyl (C=O) groups is 1. The first-order valence-corrected chi connectivity index (χ1v) is 5.67. The van der Waals surface area contributed by atoms with Crippen LogP contribution in [0.4, 0.5) is 0 Å². The maximum absolute atomic E-state index is 10.3. The Morgan fingerprint density at radius 3 is 3.07 bits per heavy atom. The molecule has 0 spiro atoms. The highest BCUT2D eigenvalue weighted by Crippen LogP contribution is 2.14. The highest BCUT2D eigenvalue weighted by Gasteiger charge is 2.00. The van der Waals surface area contributed by atoms with Gasteiger partial charge in [-0.05, 0) is 6.07 Å². The molecule has 82 valence electrons. The third kappa shape index (κ3) is 4.69. The summed E-state index contributed by atoms with van der Waals surface area (Å²) in [7, 11) is 1.57. The van der Waals surface area contributed by atoms with Crippen molar-refractivity contribution in [1.29, 1.82) is 0 Å². The quantitative estimate of drug-likeness (QED) is 0.751. The molecule has 0 atom stereocenters. The number of hydrogen-bond donors (Lipinski definition) is 1. The number of methoxy groups -OCH3 is 1. The van der Waals surface area contributed by atoms with E-state index in [0.29, 0.717) is 17.4 Å². The minimum absolute atomic E-state index is 0.189. The lowest BCUT2D eigenvalue weighted by atomic mass is 10.4. The van der Waals surface area contributed by atoms with E-state index in [2.05, 4.69) is 4.98 Å². The van der Waals surface area contributed by atoms with Crippen molar-refractivity contribution in [2.45, 2.75) is 12.2 Å². The van der Waals surface area contributed by atoms with Crippen molar-refractivity contribution in [2.75, 3.05) is 12.9 Å². The molecule has 5 heteroatoms. The lowest BCUT2D eigenvalue weighted by molar-refractivity contribution is -0.136. The number of carboxylic acids is 1. The number of pyridine rings is 1. The van der Waals surface area contributed by atoms with Crippen LogP contribution in [0.1, 0.15) is 12.1 Å². The molecule has 0 amide bonds. The van der Waals surface area contributed by atoms with Crippen LogP contribution < -0.4 is 4.74 Å². The van der Waals surface area contributed by atoms with Gasteiger partial charge in [0.25, 0.3) is 0 Å². The SMILES string of the molecule is COc1cccc(CSCCC(=O)O)n1. The topological polar surface area (TPSA) is 59.4 Å². The first-order chi connectivity index (χ1) is 7.22. The van der Waals surface area contributed by atoms with Crippen molar-refractivity contribution in [3.05, 3.63) is 23.9 Å². The molecule has 0 bridgehead atoms. The second-order valence-corrected chi connectivity index (χ2v) is 3.97. The number of aromatic nitrogens is 1. The summed E-state index contributed by atoms with van der Waals surface area (Å²) in [6.07, 6.45) is 0.189. The van der Waals surface area contributed by atoms with E-state index in [4.69, 9.17) is 9.84 Å². The third-order valence-corrected chi connectivity index (χ3v) is 2.69. The maximum Gasteiger partial charge on any atom is 0.304 e. The highest BCUT2D eigenvalue weighted by atomic mass is 32.2. The Kier molecular flexibility index (Phi) is 4.97. The summed E-state index contributed by atoms with van der Waals surface area (Å²) >= 11 is 1.55. The fourth-order valence-corrected chi connectivity index (χ4v) is 1.82. The number of thioether (sulfide) groups is 1. The van der Waals surface area contributed by atoms with E-state index in [1.165, 1.54) is 0 Å². The molecule has 1 aromatic rings. The highest BCUT2D eigenvalue weighted by molar-refractivity contribution is 7.98. The van der Waals surface area contributed by atoms with Crippen LogP contribution in [0.3, 0.4) is 0 Å². The van der Waals surface area contributed by atoms with Crippen molar-refractivity contribution >= 4 is 17.7 Å². The fourth-order valence-electron chi connectivity index (χ4n) is 0.988. The number of nitrogens with zero attached hydrogens (tertiary/aromatic N) is 1. The van der Waals surface area contributed by atoms with Gasteiger partial charge in [0.1, 0.15) is 0 Å². The van der Waals surface area contributed by atoms with Crippen LogP contribution in [0.2, 0.25) is 0 Å². The minimum Gasteiger partial charge on any atom is -0.481 e. The van der Waals surface area contributed by atoms with Crippen LogP contribution >= 0.6 is 11.8 Å². The number of aliphatic carboxylic acids is 1. The van der Waals surface area contributed by atoms with E-state index in [1.54, 1.807) is 24.9 Å². The zero-order chi connectivity index (χ0) is 11.1. The van der Waals surface area contributed by atoms with Crippen molar-refractivity contribution in [3.63, 3.8) is 0 Å². The molecule has 0 aliphatic heterocycles. The Morgan fingerprint density at radius 1 is 1.60 bits per heavy atom. The van der Waals surface area contributed by atoms with Crippen molar-refractivity contribution < 1.29 is 14.6 Å². The van der Waals surface area contributed by atoms with Crippen LogP contribution in [0.25, 0.3) is 0 Å². The Labute approximate surface area is 92.7 Å². The van der Waals surface area contributed by atoms with Gasteiger partial charge in [-0.1, -0.05) is 6.07 Å². The second-order valence-electron chi connectivity index (χ2n) is 2.87. The molecule has 0 saturated carbocycles. The van der Waals surface area contributed by atoms with Gasteiger partial charge in [-0.25, -0.2) is 4.98 Å². The van der Waals surface area contributed by atoms with E-state index < -0.39 is 5.97 Å². The number of ether oxygens (including phenoxy) is 1. The van der Waals surface area contributed by atoms with Gasteiger partial charge >= 0.3 is 5.97 Å². The summed E-state index contributed by atoms with van der Waals surface area (Å²) in [4.78, 5) is 14.5. The molecule has 0 aliphatic carbocycles. The fraction of sp³-hybridized carbons (Fsp3) is 0.400. The van der Waals surface area contributed by atoms with E-state index in [0.717, 1.165) is 5.69 Å². The molecule has 0 radical (unpaired) electrons. The lowest BCUT2D eigenvalue weighted by Crippen LogP contribution is -1.97. The Hall–Kier alpha value is -1.23. The van der Waals surface area contributed by atoms with Crippen LogP contribution in [0.15, 0.2) is 18.2 Å². The van der Waals surface area contributed by atoms with Gasteiger partial charge in [0.05, 0.1) is 19.2 Å². The molecule has 1 aromatic heterocycles. The minimum atomic E-state index is -0.763. The third-order valence-electron chi connectivity index (χ3n) is 1.70. The van der Waals surface area contributed by atoms with Crippen molar-refractivity contribution in [1.82, 2.24) is 4.98 Å². The van der Waals surface area contributed by atoms with E-state index in [9.17, 15) is 4.79 Å². The molecule has 0 aromatic carbocycles. The van der Waals surface area contributed by atoms with Gasteiger partial charge in [-0.3, -0.25) is 4.79 Å². The van der Waals surface area contributed by atoms with Gasteiger partial charge in [-0.2, -0.15) is 11.8 Å². The molecule has 4 nitrogen and oxygen atoms in total. The predicted molar refractivity (Wildman–Crippen MR) is 59.2 cm³/mol. The molecule has 15 heavy (non-hydrogen) atoms. The smallest absolute Gasteiger partial charge is 0.304 e. The summed E-state index contributed by atoms with van der Waals surface area (Å²) in [5, 5.41) is 8.44. The lowest BCUT2D eigenvalue weighted by Gasteiger charge is -2.02. The summed E-state index contributed by atoms with van der Waals surface area (Å²) in [5.41, 5.74) is 0.907. The molecular weight excluding hydrogens is 214 g/mol. The molecular formula is C10H13NO3S. The summed E-state index contributed by atoms with van der Waals surface area (Å²) < 4.78 is 4.98. The summed E-state index contributed by atoms with van der Waals surface area (Å²) in [6, 6.07) is 5.56. The van der Waals surface area contributed by atoms with Gasteiger partial charge in [0.15, 0.2) is 0 Å². The molecule has 0 unspecified atom stereocenters. The largest absolute Gasteiger partial charge is 0.481 e. The molecule has 1 heterocycles. The van der Waals surface area contributed by atoms with Crippen LogP contribution in [0.5, 0.6) is 5.88 Å². The Bertz CT molecular complexity index is 330. The first-order valence-electron chi connectivity index (χ1n) is 4.52. The van der Waals surface area contributed by atoms with Crippen molar-refractivity contribution in [3.8, 4) is 5.88 Å². The van der Waals surface area contributed by atoms with E-state index in [1.807, 2.05) is 12.1 Å². The van der Waals surface area contributed by atoms with Gasteiger partial charge in [0.2, 0.25) is 5.88 Å². The van der Waals surface area contributed by atoms with Crippen LogP contribution in [-0.2, 0) is 10.5 Å². The average Bonchev–Trinajstić information content (AvgIpc) is 2.24. The first kappa shape index (κ1) is 11.8. The molecule has 1 N–H and O–H groups in total. The van der Waals surface area contributed by atoms with E-state index in [-0.39, 0.29) is 6.42 Å². The van der Waals surface area contributed by atoms with Gasteiger partial charge in [0, 0.05) is 17.6 Å². The van der Waals surface area contributed by atoms with Gasteiger partial charge in [-0.15, -0.1) is 0 Å². The molecule has 0 fully saturated rings. The monoisotopic (exact) mass is 227 g/mol. The second kappa shape index (κ2) is 6.29. The zero-order valence-electron chi connectivity index (χ0n) is 8.47. The van der Waals surface area contributed by atoms with Crippen molar-refractivity contribution in [2.24, 2.45) is 0 Å². The van der Waals surface area contributed by atoms with Gasteiger partial charge < -0.3 is 9.84 Å². The number of hydrogen-bond acceptors (Lipinski definition) is 4. The molecule has 1 rings (SSSR count). The molecule has 0 saturated heterocycles. The average molecular weight is 227 g/mol. The van der Waals surface area contributed by atoms with Crippen LogP contribution in [0, 0.1) is 0 Å². The predicted octanol–water partition coefficient (Wildman–Crippen LogP) is 1.80. The number of carboxylic acid groups (broad SMARTS) is 1.